The van der Waals surface area contributed by atoms with E-state index in [4.69, 9.17) is 4.74 Å². The van der Waals surface area contributed by atoms with Crippen molar-refractivity contribution in [3.8, 4) is 5.75 Å². The fourth-order valence-electron chi connectivity index (χ4n) is 1.26. The van der Waals surface area contributed by atoms with Gasteiger partial charge in [0.2, 0.25) is 0 Å². The topological polar surface area (TPSA) is 69.4 Å². The smallest absolute Gasteiger partial charge is 0.311 e. The molecule has 1 aromatic rings. The highest BCUT2D eigenvalue weighted by Gasteiger charge is 2.19. The van der Waals surface area contributed by atoms with Gasteiger partial charge in [-0.1, -0.05) is 15.9 Å². The highest BCUT2D eigenvalue weighted by atomic mass is 79.9. The van der Waals surface area contributed by atoms with Gasteiger partial charge in [0.25, 0.3) is 0 Å². The SMILES string of the molecule is CC(C)Oc1ccc(C(=O)CBr)cc1[N+](=O)[O-]. The van der Waals surface area contributed by atoms with E-state index in [9.17, 15) is 14.9 Å². The van der Waals surface area contributed by atoms with Gasteiger partial charge in [-0.2, -0.15) is 0 Å². The molecule has 17 heavy (non-hydrogen) atoms. The molecule has 0 radical (unpaired) electrons. The summed E-state index contributed by atoms with van der Waals surface area (Å²) in [6.45, 7) is 3.56. The first-order chi connectivity index (χ1) is 7.95. The van der Waals surface area contributed by atoms with Crippen molar-refractivity contribution in [1.29, 1.82) is 0 Å². The van der Waals surface area contributed by atoms with Crippen molar-refractivity contribution in [2.75, 3.05) is 5.33 Å². The Kier molecular flexibility index (Phi) is 4.62. The summed E-state index contributed by atoms with van der Waals surface area (Å²) >= 11 is 3.02. The molecule has 92 valence electrons. The molecule has 0 aliphatic heterocycles. The van der Waals surface area contributed by atoms with Crippen LogP contribution in [0.1, 0.15) is 24.2 Å². The first-order valence-electron chi connectivity index (χ1n) is 5.00. The number of halogens is 1. The van der Waals surface area contributed by atoms with E-state index in [-0.39, 0.29) is 28.7 Å². The van der Waals surface area contributed by atoms with Crippen LogP contribution in [0.3, 0.4) is 0 Å². The van der Waals surface area contributed by atoms with E-state index in [2.05, 4.69) is 15.9 Å². The first-order valence-corrected chi connectivity index (χ1v) is 6.12. The van der Waals surface area contributed by atoms with Crippen molar-refractivity contribution in [3.63, 3.8) is 0 Å². The van der Waals surface area contributed by atoms with Gasteiger partial charge < -0.3 is 4.74 Å². The highest BCUT2D eigenvalue weighted by molar-refractivity contribution is 9.09. The summed E-state index contributed by atoms with van der Waals surface area (Å²) in [6, 6.07) is 4.21. The molecule has 0 saturated carbocycles. The van der Waals surface area contributed by atoms with Crippen LogP contribution in [0.2, 0.25) is 0 Å². The number of carbonyl (C=O) groups is 1. The third kappa shape index (κ3) is 3.52. The lowest BCUT2D eigenvalue weighted by Crippen LogP contribution is -2.08. The number of hydrogen-bond donors (Lipinski definition) is 0. The van der Waals surface area contributed by atoms with E-state index >= 15 is 0 Å². The van der Waals surface area contributed by atoms with Crippen LogP contribution in [0.4, 0.5) is 5.69 Å². The number of nitro groups is 1. The largest absolute Gasteiger partial charge is 0.484 e. The number of nitro benzene ring substituents is 1. The monoisotopic (exact) mass is 301 g/mol. The van der Waals surface area contributed by atoms with E-state index in [0.717, 1.165) is 0 Å². The summed E-state index contributed by atoms with van der Waals surface area (Å²) in [5.41, 5.74) is 0.107. The van der Waals surface area contributed by atoms with E-state index in [1.54, 1.807) is 13.8 Å². The summed E-state index contributed by atoms with van der Waals surface area (Å²) in [7, 11) is 0. The second-order valence-corrected chi connectivity index (χ2v) is 4.22. The van der Waals surface area contributed by atoms with E-state index in [1.165, 1.54) is 18.2 Å². The lowest BCUT2D eigenvalue weighted by Gasteiger charge is -2.10. The van der Waals surface area contributed by atoms with Crippen LogP contribution in [-0.2, 0) is 0 Å². The van der Waals surface area contributed by atoms with Gasteiger partial charge in [0, 0.05) is 11.6 Å². The molecule has 0 aromatic heterocycles. The van der Waals surface area contributed by atoms with Gasteiger partial charge in [0.05, 0.1) is 16.4 Å². The Bertz CT molecular complexity index is 445. The van der Waals surface area contributed by atoms with Crippen molar-refractivity contribution in [2.45, 2.75) is 20.0 Å². The van der Waals surface area contributed by atoms with Crippen LogP contribution in [-0.4, -0.2) is 22.1 Å². The lowest BCUT2D eigenvalue weighted by molar-refractivity contribution is -0.386. The minimum Gasteiger partial charge on any atom is -0.484 e. The van der Waals surface area contributed by atoms with Crippen LogP contribution in [0.25, 0.3) is 0 Å². The van der Waals surface area contributed by atoms with Gasteiger partial charge in [0.15, 0.2) is 11.5 Å². The molecule has 0 amide bonds. The quantitative estimate of drug-likeness (QED) is 0.363. The molecule has 0 aliphatic carbocycles. The average molecular weight is 302 g/mol. The zero-order valence-corrected chi connectivity index (χ0v) is 11.1. The summed E-state index contributed by atoms with van der Waals surface area (Å²) in [5.74, 6) is -0.0275. The minimum absolute atomic E-state index is 0.133. The predicted octanol–water partition coefficient (Wildman–Crippen LogP) is 2.96. The van der Waals surface area contributed by atoms with Crippen molar-refractivity contribution < 1.29 is 14.5 Å². The maximum atomic E-state index is 11.4. The predicted molar refractivity (Wildman–Crippen MR) is 67.0 cm³/mol. The number of carbonyl (C=O) groups excluding carboxylic acids is 1. The number of benzene rings is 1. The summed E-state index contributed by atoms with van der Waals surface area (Å²) in [6.07, 6.45) is -0.161. The third-order valence-corrected chi connectivity index (χ3v) is 2.47. The molecule has 0 unspecified atom stereocenters. The van der Waals surface area contributed by atoms with Gasteiger partial charge >= 0.3 is 5.69 Å². The molecule has 1 rings (SSSR count). The Hall–Kier alpha value is -1.43. The van der Waals surface area contributed by atoms with Crippen LogP contribution in [0.15, 0.2) is 18.2 Å². The molecule has 0 spiro atoms. The molecule has 0 saturated heterocycles. The maximum Gasteiger partial charge on any atom is 0.311 e. The summed E-state index contributed by atoms with van der Waals surface area (Å²) in [4.78, 5) is 21.7. The standard InChI is InChI=1S/C11H12BrNO4/c1-7(2)17-11-4-3-8(10(14)6-12)5-9(11)13(15)16/h3-5,7H,6H2,1-2H3. The van der Waals surface area contributed by atoms with E-state index in [1.807, 2.05) is 0 Å². The molecule has 0 bridgehead atoms. The van der Waals surface area contributed by atoms with Gasteiger partial charge in [-0.05, 0) is 26.0 Å². The molecule has 0 atom stereocenters. The van der Waals surface area contributed by atoms with Gasteiger partial charge in [-0.3, -0.25) is 14.9 Å². The Labute approximate surface area is 107 Å². The zero-order valence-electron chi connectivity index (χ0n) is 9.47. The molecule has 0 fully saturated rings. The maximum absolute atomic E-state index is 11.4. The minimum atomic E-state index is -0.553. The number of rotatable bonds is 5. The molecule has 6 heteroatoms. The molecule has 1 aromatic carbocycles. The van der Waals surface area contributed by atoms with Crippen LogP contribution in [0, 0.1) is 10.1 Å². The Morgan fingerprint density at radius 1 is 1.53 bits per heavy atom. The Morgan fingerprint density at radius 3 is 2.65 bits per heavy atom. The number of Topliss-reactive ketones (excluding diaryl/α,β-unsaturated/α-hetero) is 1. The molecular weight excluding hydrogens is 290 g/mol. The molecule has 0 N–H and O–H groups in total. The van der Waals surface area contributed by atoms with Crippen molar-refractivity contribution in [1.82, 2.24) is 0 Å². The Morgan fingerprint density at radius 2 is 2.18 bits per heavy atom. The fourth-order valence-corrected chi connectivity index (χ4v) is 1.59. The zero-order chi connectivity index (χ0) is 13.0. The number of hydrogen-bond acceptors (Lipinski definition) is 4. The molecule has 0 aliphatic rings. The number of alkyl halides is 1. The highest BCUT2D eigenvalue weighted by Crippen LogP contribution is 2.29. The lowest BCUT2D eigenvalue weighted by atomic mass is 10.1. The fraction of sp³-hybridized carbons (Fsp3) is 0.364. The van der Waals surface area contributed by atoms with Gasteiger partial charge in [0.1, 0.15) is 0 Å². The van der Waals surface area contributed by atoms with Gasteiger partial charge in [-0.15, -0.1) is 0 Å². The van der Waals surface area contributed by atoms with Crippen LogP contribution >= 0.6 is 15.9 Å². The molecular formula is C11H12BrNO4. The third-order valence-electron chi connectivity index (χ3n) is 1.96. The Balaban J connectivity index is 3.17. The average Bonchev–Trinajstić information content (AvgIpc) is 2.27. The number of ether oxygens (including phenoxy) is 1. The van der Waals surface area contributed by atoms with Crippen LogP contribution < -0.4 is 4.74 Å². The van der Waals surface area contributed by atoms with Crippen LogP contribution in [0.5, 0.6) is 5.75 Å². The van der Waals surface area contributed by atoms with Crippen molar-refractivity contribution >= 4 is 27.4 Å². The second-order valence-electron chi connectivity index (χ2n) is 3.66. The van der Waals surface area contributed by atoms with E-state index in [0.29, 0.717) is 5.56 Å². The van der Waals surface area contributed by atoms with Crippen molar-refractivity contribution in [2.24, 2.45) is 0 Å². The van der Waals surface area contributed by atoms with E-state index < -0.39 is 4.92 Å². The summed E-state index contributed by atoms with van der Waals surface area (Å²) in [5, 5.41) is 11.0. The molecule has 5 nitrogen and oxygen atoms in total. The molecule has 0 heterocycles. The number of nitrogens with zero attached hydrogens (tertiary/aromatic N) is 1. The number of ketones is 1. The van der Waals surface area contributed by atoms with Crippen molar-refractivity contribution in [3.05, 3.63) is 33.9 Å². The second kappa shape index (κ2) is 5.77. The normalized spacial score (nSPS) is 10.4. The first kappa shape index (κ1) is 13.6. The van der Waals surface area contributed by atoms with Gasteiger partial charge in [-0.25, -0.2) is 0 Å². The summed E-state index contributed by atoms with van der Waals surface area (Å²) < 4.78 is 5.31.